The number of amides is 1. The molecule has 0 spiro atoms. The number of rotatable bonds is 5. The standard InChI is InChI=1S/C21H21ClN2O3S/c1-14-11-12-17(13-19(14)22)24(28(3,26)27)15(2)21(25)23-20-10-6-8-16-7-4-5-9-18(16)20/h4-13,15H,1-3H3,(H,23,25)/t15-/m1/s1. The zero-order valence-corrected chi connectivity index (χ0v) is 17.4. The van der Waals surface area contributed by atoms with Crippen molar-refractivity contribution in [2.75, 3.05) is 15.9 Å². The Morgan fingerprint density at radius 2 is 1.75 bits per heavy atom. The Morgan fingerprint density at radius 1 is 1.07 bits per heavy atom. The normalized spacial score (nSPS) is 12.6. The van der Waals surface area contributed by atoms with Crippen LogP contribution < -0.4 is 9.62 Å². The number of aryl methyl sites for hydroxylation is 1. The van der Waals surface area contributed by atoms with Crippen molar-refractivity contribution in [3.63, 3.8) is 0 Å². The van der Waals surface area contributed by atoms with E-state index in [9.17, 15) is 13.2 Å². The Kier molecular flexibility index (Phi) is 5.63. The molecule has 0 aliphatic heterocycles. The summed E-state index contributed by atoms with van der Waals surface area (Å²) in [6, 6.07) is 17.2. The van der Waals surface area contributed by atoms with E-state index in [1.54, 1.807) is 31.2 Å². The minimum Gasteiger partial charge on any atom is -0.324 e. The molecule has 5 nitrogen and oxygen atoms in total. The van der Waals surface area contributed by atoms with Crippen LogP contribution >= 0.6 is 11.6 Å². The molecule has 0 bridgehead atoms. The van der Waals surface area contributed by atoms with Gasteiger partial charge in [0.2, 0.25) is 15.9 Å². The third kappa shape index (κ3) is 4.13. The number of carbonyl (C=O) groups is 1. The molecule has 0 fully saturated rings. The molecule has 7 heteroatoms. The van der Waals surface area contributed by atoms with Gasteiger partial charge in [-0.1, -0.05) is 54.1 Å². The van der Waals surface area contributed by atoms with Crippen molar-refractivity contribution in [2.24, 2.45) is 0 Å². The minimum absolute atomic E-state index is 0.346. The number of carbonyl (C=O) groups excluding carboxylic acids is 1. The van der Waals surface area contributed by atoms with Crippen LogP contribution in [-0.2, 0) is 14.8 Å². The first-order chi connectivity index (χ1) is 13.2. The summed E-state index contributed by atoms with van der Waals surface area (Å²) in [4.78, 5) is 12.9. The fourth-order valence-corrected chi connectivity index (χ4v) is 4.44. The van der Waals surface area contributed by atoms with Gasteiger partial charge < -0.3 is 5.32 Å². The molecule has 3 aromatic rings. The lowest BCUT2D eigenvalue weighted by molar-refractivity contribution is -0.116. The quantitative estimate of drug-likeness (QED) is 0.661. The Balaban J connectivity index is 1.95. The Labute approximate surface area is 170 Å². The van der Waals surface area contributed by atoms with Crippen LogP contribution in [-0.4, -0.2) is 26.6 Å². The van der Waals surface area contributed by atoms with Gasteiger partial charge in [0.25, 0.3) is 0 Å². The highest BCUT2D eigenvalue weighted by Gasteiger charge is 2.29. The largest absolute Gasteiger partial charge is 0.324 e. The number of anilines is 2. The second-order valence-electron chi connectivity index (χ2n) is 6.68. The van der Waals surface area contributed by atoms with Gasteiger partial charge in [-0.3, -0.25) is 9.10 Å². The van der Waals surface area contributed by atoms with Crippen LogP contribution in [0.1, 0.15) is 12.5 Å². The maximum Gasteiger partial charge on any atom is 0.248 e. The first-order valence-electron chi connectivity index (χ1n) is 8.72. The number of halogens is 1. The lowest BCUT2D eigenvalue weighted by Gasteiger charge is -2.28. The summed E-state index contributed by atoms with van der Waals surface area (Å²) in [7, 11) is -3.71. The number of nitrogens with zero attached hydrogens (tertiary/aromatic N) is 1. The molecule has 0 unspecified atom stereocenters. The van der Waals surface area contributed by atoms with Crippen molar-refractivity contribution in [1.29, 1.82) is 0 Å². The van der Waals surface area contributed by atoms with Crippen molar-refractivity contribution >= 4 is 49.7 Å². The van der Waals surface area contributed by atoms with Crippen LogP contribution in [0.2, 0.25) is 5.02 Å². The van der Waals surface area contributed by atoms with Crippen molar-refractivity contribution < 1.29 is 13.2 Å². The minimum atomic E-state index is -3.71. The Hall–Kier alpha value is -2.57. The van der Waals surface area contributed by atoms with Gasteiger partial charge >= 0.3 is 0 Å². The van der Waals surface area contributed by atoms with Crippen LogP contribution in [0, 0.1) is 6.92 Å². The lowest BCUT2D eigenvalue weighted by Crippen LogP contribution is -2.45. The predicted molar refractivity (Wildman–Crippen MR) is 116 cm³/mol. The van der Waals surface area contributed by atoms with Crippen molar-refractivity contribution in [1.82, 2.24) is 0 Å². The fraction of sp³-hybridized carbons (Fsp3) is 0.190. The van der Waals surface area contributed by atoms with Gasteiger partial charge in [0, 0.05) is 16.1 Å². The second kappa shape index (κ2) is 7.81. The molecular weight excluding hydrogens is 396 g/mol. The van der Waals surface area contributed by atoms with E-state index in [0.29, 0.717) is 16.4 Å². The Bertz CT molecular complexity index is 1140. The maximum absolute atomic E-state index is 12.9. The van der Waals surface area contributed by atoms with Gasteiger partial charge in [0.05, 0.1) is 11.9 Å². The summed E-state index contributed by atoms with van der Waals surface area (Å²) in [5, 5.41) is 5.16. The maximum atomic E-state index is 12.9. The molecule has 28 heavy (non-hydrogen) atoms. The van der Waals surface area contributed by atoms with Crippen LogP contribution in [0.25, 0.3) is 10.8 Å². The average molecular weight is 417 g/mol. The van der Waals surface area contributed by atoms with E-state index in [2.05, 4.69) is 5.32 Å². The molecule has 0 radical (unpaired) electrons. The van der Waals surface area contributed by atoms with Crippen molar-refractivity contribution in [3.8, 4) is 0 Å². The number of hydrogen-bond donors (Lipinski definition) is 1. The van der Waals surface area contributed by atoms with Crippen LogP contribution in [0.3, 0.4) is 0 Å². The molecule has 146 valence electrons. The monoisotopic (exact) mass is 416 g/mol. The smallest absolute Gasteiger partial charge is 0.248 e. The van der Waals surface area contributed by atoms with Gasteiger partial charge in [-0.25, -0.2) is 8.42 Å². The van der Waals surface area contributed by atoms with Gasteiger partial charge in [-0.15, -0.1) is 0 Å². The third-order valence-electron chi connectivity index (χ3n) is 4.55. The van der Waals surface area contributed by atoms with E-state index < -0.39 is 22.0 Å². The number of fused-ring (bicyclic) bond motifs is 1. The summed E-state index contributed by atoms with van der Waals surface area (Å²) in [6.07, 6.45) is 1.07. The molecule has 0 aliphatic rings. The van der Waals surface area contributed by atoms with Gasteiger partial charge in [0.1, 0.15) is 6.04 Å². The highest BCUT2D eigenvalue weighted by molar-refractivity contribution is 7.92. The SMILES string of the molecule is Cc1ccc(N([C@H](C)C(=O)Nc2cccc3ccccc23)S(C)(=O)=O)cc1Cl. The molecule has 0 aromatic heterocycles. The van der Waals surface area contributed by atoms with Gasteiger partial charge in [-0.2, -0.15) is 0 Å². The molecule has 1 amide bonds. The van der Waals surface area contributed by atoms with Crippen LogP contribution in [0.4, 0.5) is 11.4 Å². The van der Waals surface area contributed by atoms with E-state index >= 15 is 0 Å². The molecule has 3 aromatic carbocycles. The van der Waals surface area contributed by atoms with E-state index in [-0.39, 0.29) is 0 Å². The average Bonchev–Trinajstić information content (AvgIpc) is 2.64. The molecule has 1 atom stereocenters. The van der Waals surface area contributed by atoms with E-state index in [1.807, 2.05) is 43.3 Å². The van der Waals surface area contributed by atoms with Crippen molar-refractivity contribution in [2.45, 2.75) is 19.9 Å². The van der Waals surface area contributed by atoms with Crippen LogP contribution in [0.5, 0.6) is 0 Å². The highest BCUT2D eigenvalue weighted by atomic mass is 35.5. The van der Waals surface area contributed by atoms with E-state index in [4.69, 9.17) is 11.6 Å². The molecule has 0 saturated heterocycles. The molecule has 0 aliphatic carbocycles. The Morgan fingerprint density at radius 3 is 2.43 bits per heavy atom. The first-order valence-corrected chi connectivity index (χ1v) is 11.0. The van der Waals surface area contributed by atoms with Crippen molar-refractivity contribution in [3.05, 3.63) is 71.2 Å². The number of sulfonamides is 1. The zero-order chi connectivity index (χ0) is 20.5. The molecular formula is C21H21ClN2O3S. The van der Waals surface area contributed by atoms with Crippen LogP contribution in [0.15, 0.2) is 60.7 Å². The van der Waals surface area contributed by atoms with Gasteiger partial charge in [0.15, 0.2) is 0 Å². The lowest BCUT2D eigenvalue weighted by atomic mass is 10.1. The molecule has 3 rings (SSSR count). The summed E-state index contributed by atoms with van der Waals surface area (Å²) in [6.45, 7) is 3.38. The number of nitrogens with one attached hydrogen (secondary N) is 1. The fourth-order valence-electron chi connectivity index (χ4n) is 3.10. The van der Waals surface area contributed by atoms with E-state index in [0.717, 1.165) is 26.9 Å². The highest BCUT2D eigenvalue weighted by Crippen LogP contribution is 2.28. The third-order valence-corrected chi connectivity index (χ3v) is 6.19. The first kappa shape index (κ1) is 20.2. The predicted octanol–water partition coefficient (Wildman–Crippen LogP) is 4.59. The molecule has 0 saturated carbocycles. The topological polar surface area (TPSA) is 66.5 Å². The van der Waals surface area contributed by atoms with Gasteiger partial charge in [-0.05, 0) is 43.0 Å². The summed E-state index contributed by atoms with van der Waals surface area (Å²) < 4.78 is 26.0. The summed E-state index contributed by atoms with van der Waals surface area (Å²) in [5.41, 5.74) is 1.80. The van der Waals surface area contributed by atoms with E-state index in [1.165, 1.54) is 0 Å². The number of benzene rings is 3. The molecule has 0 heterocycles. The second-order valence-corrected chi connectivity index (χ2v) is 8.95. The molecule has 1 N–H and O–H groups in total. The zero-order valence-electron chi connectivity index (χ0n) is 15.8. The summed E-state index contributed by atoms with van der Waals surface area (Å²) >= 11 is 6.17. The summed E-state index contributed by atoms with van der Waals surface area (Å²) in [5.74, 6) is -0.432. The number of hydrogen-bond acceptors (Lipinski definition) is 3.